The molecule has 0 saturated heterocycles. The fraction of sp³-hybridized carbons (Fsp3) is 0.148. The Morgan fingerprint density at radius 3 is 2.41 bits per heavy atom. The van der Waals surface area contributed by atoms with Gasteiger partial charge in [-0.15, -0.1) is 6.58 Å². The maximum atomic E-state index is 12.5. The first-order valence-corrected chi connectivity index (χ1v) is 10.7. The minimum atomic E-state index is -0.117. The number of rotatable bonds is 8. The highest BCUT2D eigenvalue weighted by Gasteiger charge is 2.26. The molecule has 0 bridgehead atoms. The van der Waals surface area contributed by atoms with Crippen LogP contribution in [0.3, 0.4) is 0 Å². The zero-order valence-electron chi connectivity index (χ0n) is 18.3. The Kier molecular flexibility index (Phi) is 6.38. The molecule has 0 spiro atoms. The molecule has 3 aromatic rings. The molecule has 0 saturated carbocycles. The minimum Gasteiger partial charge on any atom is -0.399 e. The van der Waals surface area contributed by atoms with Crippen molar-refractivity contribution in [2.75, 3.05) is 22.9 Å². The minimum absolute atomic E-state index is 0.117. The highest BCUT2D eigenvalue weighted by Crippen LogP contribution is 2.35. The van der Waals surface area contributed by atoms with Gasteiger partial charge in [0.25, 0.3) is 5.91 Å². The number of hydrogen-bond donors (Lipinski definition) is 3. The Bertz CT molecular complexity index is 1150. The Morgan fingerprint density at radius 1 is 1.03 bits per heavy atom. The maximum absolute atomic E-state index is 12.5. The molecule has 0 aromatic heterocycles. The van der Waals surface area contributed by atoms with Crippen LogP contribution in [-0.4, -0.2) is 17.4 Å². The molecule has 0 fully saturated rings. The van der Waals surface area contributed by atoms with Crippen LogP contribution in [0.1, 0.15) is 23.6 Å². The van der Waals surface area contributed by atoms with Crippen LogP contribution in [0.5, 0.6) is 0 Å². The highest BCUT2D eigenvalue weighted by atomic mass is 16.2. The molecule has 5 nitrogen and oxygen atoms in total. The predicted molar refractivity (Wildman–Crippen MR) is 133 cm³/mol. The highest BCUT2D eigenvalue weighted by molar-refractivity contribution is 6.32. The number of hydrogen-bond acceptors (Lipinski definition) is 4. The summed E-state index contributed by atoms with van der Waals surface area (Å²) in [4.78, 5) is 14.8. The smallest absolute Gasteiger partial charge is 0.258 e. The van der Waals surface area contributed by atoms with Gasteiger partial charge < -0.3 is 16.4 Å². The first-order valence-electron chi connectivity index (χ1n) is 10.7. The van der Waals surface area contributed by atoms with E-state index in [9.17, 15) is 4.79 Å². The third-order valence-corrected chi connectivity index (χ3v) is 5.49. The van der Waals surface area contributed by atoms with E-state index < -0.39 is 0 Å². The molecule has 3 aromatic carbocycles. The molecule has 0 radical (unpaired) electrons. The van der Waals surface area contributed by atoms with Crippen LogP contribution in [0, 0.1) is 0 Å². The second kappa shape index (κ2) is 9.54. The van der Waals surface area contributed by atoms with Crippen LogP contribution < -0.4 is 16.4 Å². The van der Waals surface area contributed by atoms with Crippen molar-refractivity contribution in [3.8, 4) is 0 Å². The van der Waals surface area contributed by atoms with E-state index in [0.29, 0.717) is 11.3 Å². The lowest BCUT2D eigenvalue weighted by Gasteiger charge is -2.21. The molecule has 32 heavy (non-hydrogen) atoms. The summed E-state index contributed by atoms with van der Waals surface area (Å²) >= 11 is 0. The number of nitrogens with one attached hydrogen (secondary N) is 2. The number of carbonyl (C=O) groups excluding carboxylic acids is 1. The second-order valence-electron chi connectivity index (χ2n) is 8.02. The zero-order valence-corrected chi connectivity index (χ0v) is 18.3. The average molecular weight is 425 g/mol. The number of anilines is 3. The summed E-state index contributed by atoms with van der Waals surface area (Å²) in [7, 11) is 0. The van der Waals surface area contributed by atoms with Gasteiger partial charge in [0.15, 0.2) is 0 Å². The number of fused-ring (bicyclic) bond motifs is 1. The fourth-order valence-electron chi connectivity index (χ4n) is 4.00. The predicted octanol–water partition coefficient (Wildman–Crippen LogP) is 5.25. The molecule has 1 amide bonds. The third-order valence-electron chi connectivity index (χ3n) is 5.49. The van der Waals surface area contributed by atoms with Crippen molar-refractivity contribution in [3.63, 3.8) is 0 Å². The number of benzene rings is 3. The van der Waals surface area contributed by atoms with E-state index in [1.54, 1.807) is 6.07 Å². The van der Waals surface area contributed by atoms with Crippen LogP contribution in [0.15, 0.2) is 91.1 Å². The van der Waals surface area contributed by atoms with Crippen molar-refractivity contribution in [3.05, 3.63) is 108 Å². The first kappa shape index (κ1) is 21.4. The summed E-state index contributed by atoms with van der Waals surface area (Å²) in [5.74, 6) is -0.117. The number of nitrogen functional groups attached to an aromatic ring is 1. The number of amides is 1. The average Bonchev–Trinajstić information content (AvgIpc) is 3.11. The second-order valence-corrected chi connectivity index (χ2v) is 8.02. The van der Waals surface area contributed by atoms with E-state index in [-0.39, 0.29) is 5.91 Å². The molecule has 1 aliphatic rings. The summed E-state index contributed by atoms with van der Waals surface area (Å²) in [6.07, 6.45) is 1.94. The summed E-state index contributed by atoms with van der Waals surface area (Å²) in [5.41, 5.74) is 13.0. The molecular formula is C27H28N4O. The van der Waals surface area contributed by atoms with Gasteiger partial charge in [0, 0.05) is 48.0 Å². The lowest BCUT2D eigenvalue weighted by molar-refractivity contribution is -0.110. The van der Waals surface area contributed by atoms with Crippen LogP contribution in [0.4, 0.5) is 17.1 Å². The zero-order chi connectivity index (χ0) is 22.5. The number of nitrogens with zero attached hydrogens (tertiary/aromatic N) is 1. The fourth-order valence-corrected chi connectivity index (χ4v) is 4.00. The quantitative estimate of drug-likeness (QED) is 0.262. The van der Waals surface area contributed by atoms with Crippen molar-refractivity contribution in [1.29, 1.82) is 0 Å². The normalized spacial score (nSPS) is 14.1. The summed E-state index contributed by atoms with van der Waals surface area (Å²) in [6.45, 7) is 8.33. The molecule has 0 atom stereocenters. The molecule has 1 heterocycles. The number of carbonyl (C=O) groups is 1. The lowest BCUT2D eigenvalue weighted by atomic mass is 10.0. The van der Waals surface area contributed by atoms with Gasteiger partial charge in [-0.25, -0.2) is 0 Å². The molecule has 0 aliphatic carbocycles. The Labute approximate surface area is 189 Å². The van der Waals surface area contributed by atoms with Gasteiger partial charge in [0.05, 0.1) is 5.57 Å². The number of nitrogens with two attached hydrogens (primary N) is 1. The van der Waals surface area contributed by atoms with E-state index in [2.05, 4.69) is 58.5 Å². The molecule has 4 N–H and O–H groups in total. The van der Waals surface area contributed by atoms with Gasteiger partial charge in [-0.2, -0.15) is 0 Å². The van der Waals surface area contributed by atoms with Gasteiger partial charge in [-0.05, 0) is 48.4 Å². The van der Waals surface area contributed by atoms with E-state index in [1.807, 2.05) is 43.3 Å². The van der Waals surface area contributed by atoms with Crippen molar-refractivity contribution in [1.82, 2.24) is 4.90 Å². The third kappa shape index (κ3) is 4.90. The van der Waals surface area contributed by atoms with Crippen LogP contribution in [0.2, 0.25) is 0 Å². The van der Waals surface area contributed by atoms with Crippen molar-refractivity contribution in [2.45, 2.75) is 20.0 Å². The van der Waals surface area contributed by atoms with Gasteiger partial charge in [0.1, 0.15) is 0 Å². The van der Waals surface area contributed by atoms with E-state index >= 15 is 0 Å². The molecule has 162 valence electrons. The lowest BCUT2D eigenvalue weighted by Crippen LogP contribution is -2.22. The van der Waals surface area contributed by atoms with Gasteiger partial charge >= 0.3 is 0 Å². The Morgan fingerprint density at radius 2 is 1.72 bits per heavy atom. The summed E-state index contributed by atoms with van der Waals surface area (Å²) in [5, 5.41) is 6.27. The number of allylic oxidation sites excluding steroid dienone is 1. The van der Waals surface area contributed by atoms with E-state index in [4.69, 9.17) is 5.73 Å². The molecule has 1 aliphatic heterocycles. The summed E-state index contributed by atoms with van der Waals surface area (Å²) < 4.78 is 0. The largest absolute Gasteiger partial charge is 0.399 e. The maximum Gasteiger partial charge on any atom is 0.258 e. The first-order chi connectivity index (χ1) is 15.5. The standard InChI is InChI=1S/C27H28N4O/c1-3-15-31(17-20-7-5-4-6-8-20)18-21-9-12-23(13-10-21)29-19(2)26-24-16-22(28)11-14-25(24)30-27(26)32/h3-14,16,29H,1,15,17-18,28H2,2H3,(H,30,32)/b26-19-. The van der Waals surface area contributed by atoms with Crippen LogP contribution in [0.25, 0.3) is 5.57 Å². The summed E-state index contributed by atoms with van der Waals surface area (Å²) in [6, 6.07) is 24.2. The van der Waals surface area contributed by atoms with E-state index in [0.717, 1.165) is 42.3 Å². The monoisotopic (exact) mass is 424 g/mol. The van der Waals surface area contributed by atoms with Gasteiger partial charge in [-0.1, -0.05) is 48.5 Å². The van der Waals surface area contributed by atoms with Crippen molar-refractivity contribution in [2.24, 2.45) is 0 Å². The van der Waals surface area contributed by atoms with Gasteiger partial charge in [0.2, 0.25) is 0 Å². The molecular weight excluding hydrogens is 396 g/mol. The van der Waals surface area contributed by atoms with Crippen LogP contribution in [-0.2, 0) is 17.9 Å². The molecule has 5 heteroatoms. The van der Waals surface area contributed by atoms with Gasteiger partial charge in [-0.3, -0.25) is 9.69 Å². The molecule has 0 unspecified atom stereocenters. The molecule has 4 rings (SSSR count). The topological polar surface area (TPSA) is 70.4 Å². The SMILES string of the molecule is C=CCN(Cc1ccccc1)Cc1ccc(N/C(C)=C2\C(=O)Nc3ccc(N)cc32)cc1. The Balaban J connectivity index is 1.47. The van der Waals surface area contributed by atoms with Crippen LogP contribution >= 0.6 is 0 Å². The van der Waals surface area contributed by atoms with E-state index in [1.165, 1.54) is 11.1 Å². The van der Waals surface area contributed by atoms with Crippen molar-refractivity contribution < 1.29 is 4.79 Å². The van der Waals surface area contributed by atoms with Crippen molar-refractivity contribution >= 4 is 28.5 Å². The Hall–Kier alpha value is -3.83.